The zero-order chi connectivity index (χ0) is 56.7. The molecule has 78 heavy (non-hydrogen) atoms. The number of Topliss-reactive ketones (excluding diaryl/α,β-unsaturated/α-hetero) is 1. The number of ketones is 1. The summed E-state index contributed by atoms with van der Waals surface area (Å²) >= 11 is 0. The van der Waals surface area contributed by atoms with E-state index in [1.54, 1.807) is 6.92 Å². The van der Waals surface area contributed by atoms with Gasteiger partial charge in [0.1, 0.15) is 19.0 Å². The fourth-order valence-electron chi connectivity index (χ4n) is 15.0. The van der Waals surface area contributed by atoms with Crippen LogP contribution in [0.25, 0.3) is 0 Å². The number of carbonyl (C=O) groups excluding carboxylic acids is 6. The van der Waals surface area contributed by atoms with Crippen molar-refractivity contribution in [1.82, 2.24) is 0 Å². The van der Waals surface area contributed by atoms with E-state index in [9.17, 15) is 28.8 Å². The first-order valence-electron chi connectivity index (χ1n) is 32.2. The van der Waals surface area contributed by atoms with E-state index in [1.165, 1.54) is 77.7 Å². The molecule has 448 valence electrons. The summed E-state index contributed by atoms with van der Waals surface area (Å²) in [6.45, 7) is 16.3. The van der Waals surface area contributed by atoms with Gasteiger partial charge in [-0.15, -0.1) is 0 Å². The summed E-state index contributed by atoms with van der Waals surface area (Å²) in [5, 5.41) is 0. The summed E-state index contributed by atoms with van der Waals surface area (Å²) in [5.74, 6) is 5.99. The number of rotatable bonds is 32. The fourth-order valence-corrected chi connectivity index (χ4v) is 21.3. The first kappa shape index (κ1) is 66.2. The van der Waals surface area contributed by atoms with Crippen molar-refractivity contribution in [2.24, 2.45) is 70.5 Å². The third-order valence-electron chi connectivity index (χ3n) is 20.1. The van der Waals surface area contributed by atoms with Crippen molar-refractivity contribution in [3.63, 3.8) is 0 Å². The van der Waals surface area contributed by atoms with Gasteiger partial charge in [-0.05, 0) is 201 Å². The Morgan fingerprint density at radius 2 is 0.795 bits per heavy atom. The average molecular weight is 1130 g/mol. The summed E-state index contributed by atoms with van der Waals surface area (Å²) < 4.78 is 35.1. The number of ether oxygens (including phenoxy) is 3. The first-order valence-corrected chi connectivity index (χ1v) is 37.8. The van der Waals surface area contributed by atoms with E-state index < -0.39 is 17.1 Å². The zero-order valence-electron chi connectivity index (χ0n) is 50.9. The number of hydrogen-bond acceptors (Lipinski definition) is 12. The van der Waals surface area contributed by atoms with Crippen LogP contribution >= 0.6 is 0 Å². The molecule has 0 aliphatic heterocycles. The van der Waals surface area contributed by atoms with Gasteiger partial charge >= 0.3 is 35.0 Å². The van der Waals surface area contributed by atoms with Gasteiger partial charge in [-0.1, -0.05) is 104 Å². The highest BCUT2D eigenvalue weighted by atomic mass is 28.5. The van der Waals surface area contributed by atoms with E-state index in [1.807, 2.05) is 26.2 Å². The van der Waals surface area contributed by atoms with Crippen molar-refractivity contribution >= 4 is 52.8 Å². The molecule has 0 aromatic carbocycles. The number of methoxy groups -OCH3 is 1. The predicted molar refractivity (Wildman–Crippen MR) is 312 cm³/mol. The lowest BCUT2D eigenvalue weighted by Crippen LogP contribution is -2.50. The summed E-state index contributed by atoms with van der Waals surface area (Å²) in [7, 11) is -4.26. The molecule has 0 saturated heterocycles. The van der Waals surface area contributed by atoms with Gasteiger partial charge in [0.25, 0.3) is 11.9 Å². The van der Waals surface area contributed by atoms with E-state index in [4.69, 9.17) is 27.2 Å². The highest BCUT2D eigenvalue weighted by Gasteiger charge is 2.42. The maximum Gasteiger partial charge on any atom is 0.387 e. The summed E-state index contributed by atoms with van der Waals surface area (Å²) in [5.41, 5.74) is -0.363. The number of hydrogen-bond donors (Lipinski definition) is 0. The van der Waals surface area contributed by atoms with Crippen LogP contribution in [0, 0.1) is 70.5 Å². The third-order valence-corrected chi connectivity index (χ3v) is 25.4. The van der Waals surface area contributed by atoms with Gasteiger partial charge in [0.15, 0.2) is 0 Å². The molecule has 0 N–H and O–H groups in total. The fraction of sp³-hybridized carbons (Fsp3) is 0.906. The maximum atomic E-state index is 13.3. The molecule has 1 unspecified atom stereocenters. The molecule has 5 aliphatic carbocycles. The Morgan fingerprint density at radius 3 is 1.17 bits per heavy atom. The standard InChI is InChI=1S/C64H112O12Si2/c1-10-48(38-50-19-17-49(18-20-50)37-47(4)65)15-13-14-16-59(66)74-77(6,7)76-78(8,9)75-63(70)44-58-35-27-54(28-36-58)40-53-25-33-57(34-26-53)43-62(69)73-46-64(11-2,12-3)45-72-61(68)42-56-31-23-52(24-32-56)39-51-21-29-55(30-22-51)41-60(67)71-5/h48-58H,10-46H2,1-9H3. The minimum Gasteiger partial charge on any atom is -0.495 e. The van der Waals surface area contributed by atoms with Gasteiger partial charge in [0, 0.05) is 43.9 Å². The highest BCUT2D eigenvalue weighted by Crippen LogP contribution is 2.43. The van der Waals surface area contributed by atoms with E-state index in [0.717, 1.165) is 140 Å². The average Bonchev–Trinajstić information content (AvgIpc) is 3.40. The van der Waals surface area contributed by atoms with Crippen molar-refractivity contribution in [1.29, 1.82) is 0 Å². The molecule has 5 saturated carbocycles. The van der Waals surface area contributed by atoms with Crippen molar-refractivity contribution in [2.75, 3.05) is 20.3 Å². The molecule has 0 aromatic rings. The van der Waals surface area contributed by atoms with Crippen molar-refractivity contribution in [3.05, 3.63) is 0 Å². The predicted octanol–water partition coefficient (Wildman–Crippen LogP) is 15.9. The van der Waals surface area contributed by atoms with Gasteiger partial charge in [-0.3, -0.25) is 24.0 Å². The second-order valence-electron chi connectivity index (χ2n) is 27.3. The molecule has 5 fully saturated rings. The highest BCUT2D eigenvalue weighted by molar-refractivity contribution is 6.80. The largest absolute Gasteiger partial charge is 0.495 e. The molecule has 0 amide bonds. The number of carbonyl (C=O) groups is 6. The Morgan fingerprint density at radius 1 is 0.449 bits per heavy atom. The summed E-state index contributed by atoms with van der Waals surface area (Å²) in [4.78, 5) is 75.8. The molecular formula is C64H112O12Si2. The Balaban J connectivity index is 0.879. The SMILES string of the molecule is CCC(CCCCC(=O)O[Si](C)(C)O[Si](C)(C)OC(=O)CC1CCC(CC2CCC(CC(=O)OCC(CC)(CC)COC(=O)CC3CCC(CC4CCC(CC(=O)OC)CC4)CC3)CC2)CC1)CC1CCC(CC(C)=O)CC1. The normalized spacial score (nSPS) is 27.7. The Kier molecular flexibility index (Phi) is 28.4. The zero-order valence-corrected chi connectivity index (χ0v) is 52.9. The molecule has 12 nitrogen and oxygen atoms in total. The summed E-state index contributed by atoms with van der Waals surface area (Å²) in [6, 6.07) is 0. The Hall–Kier alpha value is -2.59. The van der Waals surface area contributed by atoms with Gasteiger partial charge < -0.3 is 32.0 Å². The molecule has 5 rings (SSSR count). The van der Waals surface area contributed by atoms with Crippen LogP contribution in [0.3, 0.4) is 0 Å². The summed E-state index contributed by atoms with van der Waals surface area (Å²) in [6.07, 6.45) is 35.3. The second kappa shape index (κ2) is 33.5. The van der Waals surface area contributed by atoms with Crippen LogP contribution in [0.5, 0.6) is 0 Å². The van der Waals surface area contributed by atoms with Crippen LogP contribution in [0.4, 0.5) is 0 Å². The third kappa shape index (κ3) is 24.9. The minimum absolute atomic E-state index is 0.0822. The lowest BCUT2D eigenvalue weighted by atomic mass is 9.72. The van der Waals surface area contributed by atoms with Crippen molar-refractivity contribution in [3.8, 4) is 0 Å². The second-order valence-corrected chi connectivity index (χ2v) is 34.2. The molecular weight excluding hydrogens is 1020 g/mol. The van der Waals surface area contributed by atoms with Gasteiger partial charge in [0.2, 0.25) is 0 Å². The monoisotopic (exact) mass is 1130 g/mol. The van der Waals surface area contributed by atoms with E-state index >= 15 is 0 Å². The lowest BCUT2D eigenvalue weighted by Gasteiger charge is -2.35. The van der Waals surface area contributed by atoms with Gasteiger partial charge in [-0.2, -0.15) is 0 Å². The van der Waals surface area contributed by atoms with Crippen LogP contribution in [0.15, 0.2) is 0 Å². The molecule has 0 bridgehead atoms. The first-order chi connectivity index (χ1) is 37.2. The van der Waals surface area contributed by atoms with E-state index in [0.29, 0.717) is 91.8 Å². The van der Waals surface area contributed by atoms with E-state index in [-0.39, 0.29) is 41.9 Å². The topological polar surface area (TPSA) is 158 Å². The van der Waals surface area contributed by atoms with Gasteiger partial charge in [0.05, 0.1) is 7.11 Å². The number of esters is 3. The molecule has 1 atom stereocenters. The number of unbranched alkanes of at least 4 members (excludes halogenated alkanes) is 1. The van der Waals surface area contributed by atoms with Crippen LogP contribution < -0.4 is 0 Å². The maximum absolute atomic E-state index is 13.3. The lowest BCUT2D eigenvalue weighted by molar-refractivity contribution is -0.156. The molecule has 5 aliphatic rings. The minimum atomic E-state index is -2.88. The van der Waals surface area contributed by atoms with Crippen molar-refractivity contribution in [2.45, 2.75) is 279 Å². The van der Waals surface area contributed by atoms with Crippen LogP contribution in [0.2, 0.25) is 26.2 Å². The smallest absolute Gasteiger partial charge is 0.387 e. The molecule has 0 spiro atoms. The quantitative estimate of drug-likeness (QED) is 0.0272. The van der Waals surface area contributed by atoms with Crippen molar-refractivity contribution < 1.29 is 55.9 Å². The Labute approximate surface area is 476 Å². The van der Waals surface area contributed by atoms with Crippen LogP contribution in [0.1, 0.15) is 252 Å². The van der Waals surface area contributed by atoms with Gasteiger partial charge in [-0.25, -0.2) is 0 Å². The molecule has 0 aromatic heterocycles. The molecule has 14 heteroatoms. The molecule has 0 radical (unpaired) electrons. The van der Waals surface area contributed by atoms with E-state index in [2.05, 4.69) is 20.8 Å². The van der Waals surface area contributed by atoms with Crippen LogP contribution in [-0.2, 0) is 55.9 Å². The Bertz CT molecular complexity index is 1810. The molecule has 0 heterocycles. The van der Waals surface area contributed by atoms with Crippen LogP contribution in [-0.4, -0.2) is 73.1 Å².